The quantitative estimate of drug-likeness (QED) is 0.219. The summed E-state index contributed by atoms with van der Waals surface area (Å²) in [6.07, 6.45) is 5.31. The number of nitrogens with one attached hydrogen (secondary N) is 3. The minimum absolute atomic E-state index is 0.0489. The van der Waals surface area contributed by atoms with Crippen molar-refractivity contribution in [3.8, 4) is 11.1 Å². The first-order chi connectivity index (χ1) is 19.9. The predicted molar refractivity (Wildman–Crippen MR) is 168 cm³/mol. The number of fused-ring (bicyclic) bond motifs is 4. The third kappa shape index (κ3) is 4.48. The van der Waals surface area contributed by atoms with E-state index in [0.29, 0.717) is 51.2 Å². The SMILES string of the molecule is BC(B)(B)Nc1cc(F)c(F)c2c1[nH]c1ncc(-c3cnc4c(c3)c(=O)c(C(=O)O)cn4C3CCNC3)c(N(C)C)c12. The van der Waals surface area contributed by atoms with Gasteiger partial charge in [0.25, 0.3) is 0 Å². The van der Waals surface area contributed by atoms with Gasteiger partial charge in [0.1, 0.15) is 40.4 Å². The van der Waals surface area contributed by atoms with Crippen molar-refractivity contribution in [1.29, 1.82) is 0 Å². The van der Waals surface area contributed by atoms with E-state index in [2.05, 4.69) is 25.6 Å². The molecule has 5 heterocycles. The van der Waals surface area contributed by atoms with Gasteiger partial charge >= 0.3 is 5.97 Å². The Bertz CT molecular complexity index is 1980. The van der Waals surface area contributed by atoms with Gasteiger partial charge in [-0.25, -0.2) is 23.5 Å². The zero-order valence-electron chi connectivity index (χ0n) is 23.9. The van der Waals surface area contributed by atoms with Gasteiger partial charge in [-0.2, -0.15) is 0 Å². The molecule has 4 aromatic heterocycles. The second-order valence-corrected chi connectivity index (χ2v) is 11.9. The van der Waals surface area contributed by atoms with Gasteiger partial charge in [0, 0.05) is 62.5 Å². The number of hydrogen-bond donors (Lipinski definition) is 4. The molecule has 1 aliphatic rings. The molecule has 0 saturated carbocycles. The molecule has 1 fully saturated rings. The summed E-state index contributed by atoms with van der Waals surface area (Å²) in [6.45, 7) is 1.39. The van der Waals surface area contributed by atoms with Crippen LogP contribution in [0.2, 0.25) is 0 Å². The first kappa shape index (κ1) is 27.8. The Morgan fingerprint density at radius 1 is 1.19 bits per heavy atom. The van der Waals surface area contributed by atoms with Gasteiger partial charge in [0.05, 0.1) is 33.1 Å². The molecule has 0 spiro atoms. The van der Waals surface area contributed by atoms with Crippen molar-refractivity contribution in [2.45, 2.75) is 17.7 Å². The fourth-order valence-electron chi connectivity index (χ4n) is 5.81. The van der Waals surface area contributed by atoms with Gasteiger partial charge in [-0.15, -0.1) is 0 Å². The van der Waals surface area contributed by atoms with Crippen LogP contribution < -0.4 is 21.0 Å². The normalized spacial score (nSPS) is 15.6. The molecule has 0 amide bonds. The van der Waals surface area contributed by atoms with E-state index in [9.17, 15) is 19.1 Å². The van der Waals surface area contributed by atoms with E-state index < -0.39 is 28.3 Å². The molecule has 1 aliphatic heterocycles. The molecular weight excluding hydrogens is 541 g/mol. The van der Waals surface area contributed by atoms with Crippen LogP contribution in [0.5, 0.6) is 0 Å². The second kappa shape index (κ2) is 9.86. The summed E-state index contributed by atoms with van der Waals surface area (Å²) in [6, 6.07) is 2.68. The Morgan fingerprint density at radius 3 is 2.60 bits per heavy atom. The highest BCUT2D eigenvalue weighted by Crippen LogP contribution is 2.43. The predicted octanol–water partition coefficient (Wildman–Crippen LogP) is 0.592. The summed E-state index contributed by atoms with van der Waals surface area (Å²) in [7, 11) is 9.32. The van der Waals surface area contributed by atoms with Crippen LogP contribution in [0.3, 0.4) is 0 Å². The smallest absolute Gasteiger partial charge is 0.341 e. The summed E-state index contributed by atoms with van der Waals surface area (Å²) in [4.78, 5) is 39.5. The highest BCUT2D eigenvalue weighted by molar-refractivity contribution is 6.60. The minimum atomic E-state index is -1.32. The van der Waals surface area contributed by atoms with E-state index in [1.807, 2.05) is 23.5 Å². The van der Waals surface area contributed by atoms with Crippen LogP contribution in [-0.4, -0.2) is 86.6 Å². The van der Waals surface area contributed by atoms with Crippen LogP contribution >= 0.6 is 0 Å². The molecule has 1 aromatic carbocycles. The largest absolute Gasteiger partial charge is 0.477 e. The zero-order chi connectivity index (χ0) is 30.1. The monoisotopic (exact) mass is 569 g/mol. The number of rotatable bonds is 6. The van der Waals surface area contributed by atoms with Crippen LogP contribution in [0.25, 0.3) is 44.1 Å². The van der Waals surface area contributed by atoms with Crippen LogP contribution in [0.15, 0.2) is 35.5 Å². The Kier molecular flexibility index (Phi) is 6.52. The van der Waals surface area contributed by atoms with Gasteiger partial charge in [-0.1, -0.05) is 0 Å². The standard InChI is InChI=1S/C27H28B3F2N7O3/c1-38(2)22-14(9-34-24-19(22)18-20(32)16(31)6-17(21(18)36-24)37-27(28,29)30)11-5-13-23(40)15(26(41)42)10-39(25(13)35-7-11)12-3-4-33-8-12/h5-7,9-10,12,33,37H,3-4,8,28-30H2,1-2H3,(H,34,36)(H,41,42). The van der Waals surface area contributed by atoms with E-state index in [1.54, 1.807) is 42.0 Å². The Balaban J connectivity index is 1.65. The minimum Gasteiger partial charge on any atom is -0.477 e. The number of carboxylic acids is 1. The van der Waals surface area contributed by atoms with Gasteiger partial charge in [0.15, 0.2) is 11.6 Å². The Morgan fingerprint density at radius 2 is 1.95 bits per heavy atom. The van der Waals surface area contributed by atoms with Gasteiger partial charge in [0.2, 0.25) is 5.43 Å². The number of H-pyrrole nitrogens is 1. The first-order valence-corrected chi connectivity index (χ1v) is 13.6. The van der Waals surface area contributed by atoms with Crippen LogP contribution in [0.4, 0.5) is 20.2 Å². The average Bonchev–Trinajstić information content (AvgIpc) is 3.59. The number of carbonyl (C=O) groups is 1. The molecule has 0 radical (unpaired) electrons. The van der Waals surface area contributed by atoms with Crippen LogP contribution in [0, 0.1) is 11.6 Å². The zero-order valence-corrected chi connectivity index (χ0v) is 23.9. The maximum absolute atomic E-state index is 15.5. The number of aromatic amines is 1. The van der Waals surface area contributed by atoms with Crippen molar-refractivity contribution in [1.82, 2.24) is 24.8 Å². The van der Waals surface area contributed by atoms with E-state index in [-0.39, 0.29) is 22.4 Å². The molecule has 1 atom stereocenters. The molecule has 15 heteroatoms. The molecule has 6 rings (SSSR count). The summed E-state index contributed by atoms with van der Waals surface area (Å²) < 4.78 is 32.3. The fraction of sp³-hybridized carbons (Fsp3) is 0.259. The van der Waals surface area contributed by atoms with E-state index in [4.69, 9.17) is 0 Å². The molecule has 4 N–H and O–H groups in total. The van der Waals surface area contributed by atoms with Crippen LogP contribution in [-0.2, 0) is 0 Å². The highest BCUT2D eigenvalue weighted by Gasteiger charge is 2.26. The fourth-order valence-corrected chi connectivity index (χ4v) is 5.81. The van der Waals surface area contributed by atoms with E-state index in [0.717, 1.165) is 19.0 Å². The topological polar surface area (TPSA) is 128 Å². The molecule has 212 valence electrons. The molecule has 0 bridgehead atoms. The maximum Gasteiger partial charge on any atom is 0.341 e. The number of aromatic nitrogens is 4. The third-order valence-corrected chi connectivity index (χ3v) is 7.56. The molecular formula is C27H28B3F2N7O3. The Hall–Kier alpha value is -4.39. The first-order valence-electron chi connectivity index (χ1n) is 13.6. The Labute approximate surface area is 241 Å². The number of pyridine rings is 3. The van der Waals surface area contributed by atoms with E-state index >= 15 is 4.39 Å². The van der Waals surface area contributed by atoms with Gasteiger partial charge in [-0.05, 0) is 24.3 Å². The number of anilines is 2. The summed E-state index contributed by atoms with van der Waals surface area (Å²) in [5.74, 6) is -3.32. The lowest BCUT2D eigenvalue weighted by atomic mass is 9.49. The summed E-state index contributed by atoms with van der Waals surface area (Å²) >= 11 is 0. The average molecular weight is 569 g/mol. The number of carboxylic acid groups (broad SMARTS) is 1. The van der Waals surface area contributed by atoms with Gasteiger partial charge < -0.3 is 30.2 Å². The third-order valence-electron chi connectivity index (χ3n) is 7.56. The van der Waals surface area contributed by atoms with Crippen molar-refractivity contribution < 1.29 is 18.7 Å². The van der Waals surface area contributed by atoms with Crippen molar-refractivity contribution >= 4 is 73.9 Å². The summed E-state index contributed by atoms with van der Waals surface area (Å²) in [5, 5.41) is 16.4. The summed E-state index contributed by atoms with van der Waals surface area (Å²) in [5.41, 5.74) is 2.06. The number of aromatic carboxylic acids is 1. The van der Waals surface area contributed by atoms with Crippen molar-refractivity contribution in [3.63, 3.8) is 0 Å². The molecule has 0 aliphatic carbocycles. The molecule has 5 aromatic rings. The lowest BCUT2D eigenvalue weighted by Gasteiger charge is -2.23. The van der Waals surface area contributed by atoms with Crippen molar-refractivity contribution in [3.05, 3.63) is 58.1 Å². The van der Waals surface area contributed by atoms with Crippen molar-refractivity contribution in [2.75, 3.05) is 37.4 Å². The molecule has 10 nitrogen and oxygen atoms in total. The van der Waals surface area contributed by atoms with Gasteiger partial charge in [-0.3, -0.25) is 4.79 Å². The van der Waals surface area contributed by atoms with Crippen LogP contribution in [0.1, 0.15) is 22.8 Å². The second-order valence-electron chi connectivity index (χ2n) is 11.9. The lowest BCUT2D eigenvalue weighted by Crippen LogP contribution is -2.39. The number of benzene rings is 1. The molecule has 42 heavy (non-hydrogen) atoms. The lowest BCUT2D eigenvalue weighted by molar-refractivity contribution is 0.0694. The molecule has 1 unspecified atom stereocenters. The maximum atomic E-state index is 15.5. The molecule has 1 saturated heterocycles. The van der Waals surface area contributed by atoms with E-state index in [1.165, 1.54) is 6.20 Å². The van der Waals surface area contributed by atoms with Crippen molar-refractivity contribution in [2.24, 2.45) is 0 Å². The number of hydrogen-bond acceptors (Lipinski definition) is 7. The highest BCUT2D eigenvalue weighted by atomic mass is 19.2. The number of halogens is 2. The number of nitrogens with zero attached hydrogens (tertiary/aromatic N) is 4.